The Bertz CT molecular complexity index is 392. The maximum Gasteiger partial charge on any atom is 0.230 e. The Kier molecular flexibility index (Phi) is 1.12. The van der Waals surface area contributed by atoms with Crippen molar-refractivity contribution in [3.8, 4) is 5.88 Å². The molecule has 0 bridgehead atoms. The second kappa shape index (κ2) is 1.99. The minimum Gasteiger partial charge on any atom is -0.492 e. The summed E-state index contributed by atoms with van der Waals surface area (Å²) < 4.78 is 1.80. The molecular formula is C8H8N2O. The second-order valence-electron chi connectivity index (χ2n) is 2.52. The summed E-state index contributed by atoms with van der Waals surface area (Å²) in [6, 6.07) is 3.88. The van der Waals surface area contributed by atoms with Crippen LogP contribution in [0.1, 0.15) is 5.56 Å². The fourth-order valence-electron chi connectivity index (χ4n) is 1.14. The van der Waals surface area contributed by atoms with Crippen LogP contribution < -0.4 is 0 Å². The molecular weight excluding hydrogens is 140 g/mol. The Hall–Kier alpha value is -1.51. The normalized spacial score (nSPS) is 10.6. The number of imidazole rings is 1. The van der Waals surface area contributed by atoms with Gasteiger partial charge in [0, 0.05) is 6.20 Å². The first-order valence-corrected chi connectivity index (χ1v) is 3.40. The van der Waals surface area contributed by atoms with E-state index in [-0.39, 0.29) is 5.88 Å². The predicted octanol–water partition coefficient (Wildman–Crippen LogP) is 1.35. The molecule has 0 saturated carbocycles. The minimum atomic E-state index is 0.0688. The van der Waals surface area contributed by atoms with Gasteiger partial charge in [-0.15, -0.1) is 0 Å². The van der Waals surface area contributed by atoms with Gasteiger partial charge in [0.05, 0.1) is 6.20 Å². The molecule has 0 atom stereocenters. The number of nitrogens with zero attached hydrogens (tertiary/aromatic N) is 2. The monoisotopic (exact) mass is 148 g/mol. The first-order chi connectivity index (χ1) is 5.27. The van der Waals surface area contributed by atoms with E-state index < -0.39 is 0 Å². The quantitative estimate of drug-likeness (QED) is 0.612. The van der Waals surface area contributed by atoms with Crippen molar-refractivity contribution < 1.29 is 5.11 Å². The molecule has 0 aliphatic heterocycles. The van der Waals surface area contributed by atoms with E-state index in [1.807, 2.05) is 25.3 Å². The molecule has 0 radical (unpaired) electrons. The van der Waals surface area contributed by atoms with E-state index in [1.54, 1.807) is 10.6 Å². The molecule has 0 aromatic carbocycles. The van der Waals surface area contributed by atoms with E-state index in [9.17, 15) is 0 Å². The van der Waals surface area contributed by atoms with Gasteiger partial charge in [-0.1, -0.05) is 6.07 Å². The molecule has 3 heteroatoms. The van der Waals surface area contributed by atoms with Crippen LogP contribution in [0.15, 0.2) is 24.5 Å². The summed E-state index contributed by atoms with van der Waals surface area (Å²) >= 11 is 0. The van der Waals surface area contributed by atoms with Crippen LogP contribution in [-0.4, -0.2) is 14.5 Å². The Balaban J connectivity index is 2.90. The lowest BCUT2D eigenvalue weighted by Crippen LogP contribution is -1.83. The number of hydrogen-bond donors (Lipinski definition) is 1. The fraction of sp³-hybridized carbons (Fsp3) is 0.125. The standard InChI is InChI=1S/C8H8N2O/c1-6-3-2-4-10-5-7(11)9-8(6)10/h2-5,11H,1H3. The molecule has 56 valence electrons. The van der Waals surface area contributed by atoms with Crippen LogP contribution in [0.25, 0.3) is 5.65 Å². The van der Waals surface area contributed by atoms with Gasteiger partial charge in [-0.2, -0.15) is 4.98 Å². The predicted molar refractivity (Wildman–Crippen MR) is 41.6 cm³/mol. The van der Waals surface area contributed by atoms with Crippen molar-refractivity contribution in [2.24, 2.45) is 0 Å². The van der Waals surface area contributed by atoms with Crippen molar-refractivity contribution in [3.63, 3.8) is 0 Å². The molecule has 0 saturated heterocycles. The third-order valence-electron chi connectivity index (χ3n) is 1.67. The van der Waals surface area contributed by atoms with Crippen molar-refractivity contribution in [2.45, 2.75) is 6.92 Å². The van der Waals surface area contributed by atoms with E-state index in [2.05, 4.69) is 4.98 Å². The number of aryl methyl sites for hydroxylation is 1. The molecule has 3 nitrogen and oxygen atoms in total. The molecule has 0 spiro atoms. The molecule has 0 amide bonds. The topological polar surface area (TPSA) is 37.5 Å². The van der Waals surface area contributed by atoms with Gasteiger partial charge in [-0.05, 0) is 18.6 Å². The summed E-state index contributed by atoms with van der Waals surface area (Å²) in [5, 5.41) is 9.05. The molecule has 2 aromatic rings. The first-order valence-electron chi connectivity index (χ1n) is 3.40. The summed E-state index contributed by atoms with van der Waals surface area (Å²) in [5.74, 6) is 0.0688. The number of aromatic hydroxyl groups is 1. The van der Waals surface area contributed by atoms with Crippen LogP contribution in [0.3, 0.4) is 0 Å². The molecule has 0 aliphatic rings. The van der Waals surface area contributed by atoms with Gasteiger partial charge in [-0.3, -0.25) is 0 Å². The minimum absolute atomic E-state index is 0.0688. The highest BCUT2D eigenvalue weighted by Gasteiger charge is 1.99. The molecule has 2 rings (SSSR count). The Labute approximate surface area is 63.9 Å². The van der Waals surface area contributed by atoms with Crippen molar-refractivity contribution in [1.29, 1.82) is 0 Å². The van der Waals surface area contributed by atoms with E-state index in [0.29, 0.717) is 0 Å². The summed E-state index contributed by atoms with van der Waals surface area (Å²) in [4.78, 5) is 3.93. The molecule has 0 aliphatic carbocycles. The van der Waals surface area contributed by atoms with Gasteiger partial charge in [0.1, 0.15) is 5.65 Å². The fourth-order valence-corrected chi connectivity index (χ4v) is 1.14. The Morgan fingerprint density at radius 3 is 3.09 bits per heavy atom. The van der Waals surface area contributed by atoms with E-state index in [4.69, 9.17) is 5.11 Å². The second-order valence-corrected chi connectivity index (χ2v) is 2.52. The molecule has 1 N–H and O–H groups in total. The first kappa shape index (κ1) is 6.22. The van der Waals surface area contributed by atoms with Gasteiger partial charge in [0.25, 0.3) is 0 Å². The van der Waals surface area contributed by atoms with Crippen LogP contribution in [0.5, 0.6) is 5.88 Å². The van der Waals surface area contributed by atoms with Crippen molar-refractivity contribution in [3.05, 3.63) is 30.1 Å². The SMILES string of the molecule is Cc1cccn2cc(O)nc12. The van der Waals surface area contributed by atoms with Crippen LogP contribution in [0.4, 0.5) is 0 Å². The summed E-state index contributed by atoms with van der Waals surface area (Å²) in [6.07, 6.45) is 3.44. The van der Waals surface area contributed by atoms with Crippen LogP contribution in [0.2, 0.25) is 0 Å². The maximum absolute atomic E-state index is 9.05. The zero-order valence-corrected chi connectivity index (χ0v) is 6.15. The molecule has 0 fully saturated rings. The maximum atomic E-state index is 9.05. The highest BCUT2D eigenvalue weighted by atomic mass is 16.3. The highest BCUT2D eigenvalue weighted by Crippen LogP contribution is 2.12. The highest BCUT2D eigenvalue weighted by molar-refractivity contribution is 5.48. The van der Waals surface area contributed by atoms with E-state index in [0.717, 1.165) is 11.2 Å². The zero-order chi connectivity index (χ0) is 7.84. The summed E-state index contributed by atoms with van der Waals surface area (Å²) in [7, 11) is 0. The largest absolute Gasteiger partial charge is 0.492 e. The smallest absolute Gasteiger partial charge is 0.230 e. The van der Waals surface area contributed by atoms with Crippen LogP contribution >= 0.6 is 0 Å². The molecule has 2 heterocycles. The van der Waals surface area contributed by atoms with Crippen LogP contribution in [0, 0.1) is 6.92 Å². The lowest BCUT2D eigenvalue weighted by atomic mass is 10.3. The van der Waals surface area contributed by atoms with Crippen LogP contribution in [-0.2, 0) is 0 Å². The van der Waals surface area contributed by atoms with Gasteiger partial charge in [0.2, 0.25) is 5.88 Å². The number of fused-ring (bicyclic) bond motifs is 1. The van der Waals surface area contributed by atoms with Crippen molar-refractivity contribution >= 4 is 5.65 Å². The molecule has 11 heavy (non-hydrogen) atoms. The van der Waals surface area contributed by atoms with E-state index >= 15 is 0 Å². The lowest BCUT2D eigenvalue weighted by Gasteiger charge is -1.93. The van der Waals surface area contributed by atoms with Crippen molar-refractivity contribution in [2.75, 3.05) is 0 Å². The average molecular weight is 148 g/mol. The van der Waals surface area contributed by atoms with Gasteiger partial charge < -0.3 is 9.51 Å². The van der Waals surface area contributed by atoms with Gasteiger partial charge in [0.15, 0.2) is 0 Å². The van der Waals surface area contributed by atoms with Gasteiger partial charge in [-0.25, -0.2) is 0 Å². The summed E-state index contributed by atoms with van der Waals surface area (Å²) in [5.41, 5.74) is 1.87. The number of rotatable bonds is 0. The third kappa shape index (κ3) is 0.852. The molecule has 0 unspecified atom stereocenters. The molecule has 2 aromatic heterocycles. The lowest BCUT2D eigenvalue weighted by molar-refractivity contribution is 0.457. The third-order valence-corrected chi connectivity index (χ3v) is 1.67. The Morgan fingerprint density at radius 2 is 2.36 bits per heavy atom. The van der Waals surface area contributed by atoms with Crippen molar-refractivity contribution in [1.82, 2.24) is 9.38 Å². The van der Waals surface area contributed by atoms with E-state index in [1.165, 1.54) is 0 Å². The Morgan fingerprint density at radius 1 is 1.55 bits per heavy atom. The number of aromatic nitrogens is 2. The summed E-state index contributed by atoms with van der Waals surface area (Å²) in [6.45, 7) is 1.96. The van der Waals surface area contributed by atoms with Gasteiger partial charge >= 0.3 is 0 Å². The zero-order valence-electron chi connectivity index (χ0n) is 6.15. The number of hydrogen-bond acceptors (Lipinski definition) is 2. The average Bonchev–Trinajstić information content (AvgIpc) is 2.31. The number of pyridine rings is 1.